The molecule has 0 amide bonds. The van der Waals surface area contributed by atoms with E-state index >= 15 is 0 Å². The summed E-state index contributed by atoms with van der Waals surface area (Å²) in [6.45, 7) is 10.8. The lowest BCUT2D eigenvalue weighted by molar-refractivity contribution is 0.266. The second-order valence-corrected chi connectivity index (χ2v) is 5.63. The van der Waals surface area contributed by atoms with Crippen LogP contribution in [0.4, 0.5) is 0 Å². The zero-order valence-electron chi connectivity index (χ0n) is 9.19. The molecule has 0 spiro atoms. The Morgan fingerprint density at radius 3 is 2.00 bits per heavy atom. The molecule has 0 aliphatic carbocycles. The Balaban J connectivity index is 4.16. The minimum Gasteiger partial charge on any atom is -0.357 e. The van der Waals surface area contributed by atoms with Gasteiger partial charge in [-0.1, -0.05) is 20.8 Å². The first-order valence-corrected chi connectivity index (χ1v) is 4.86. The Bertz CT molecular complexity index is 182. The van der Waals surface area contributed by atoms with Gasteiger partial charge in [-0.15, -0.1) is 0 Å². The lowest BCUT2D eigenvalue weighted by Gasteiger charge is -2.33. The van der Waals surface area contributed by atoms with Gasteiger partial charge in [0.15, 0.2) is 5.11 Å². The number of thiocarbonyl (C=S) groups is 1. The molecule has 4 N–H and O–H groups in total. The summed E-state index contributed by atoms with van der Waals surface area (Å²) >= 11 is 4.95. The molecule has 0 fully saturated rings. The summed E-state index contributed by atoms with van der Waals surface area (Å²) in [5, 5.41) is 3.65. The Morgan fingerprint density at radius 1 is 1.23 bits per heavy atom. The van der Waals surface area contributed by atoms with E-state index in [0.717, 1.165) is 6.42 Å². The molecule has 0 rings (SSSR count). The number of hydrogen-bond acceptors (Lipinski definition) is 2. The van der Waals surface area contributed by atoms with Gasteiger partial charge in [0.2, 0.25) is 0 Å². The monoisotopic (exact) mass is 203 g/mol. The van der Waals surface area contributed by atoms with Gasteiger partial charge in [-0.3, -0.25) is 0 Å². The van der Waals surface area contributed by atoms with Crippen LogP contribution in [0.15, 0.2) is 0 Å². The van der Waals surface area contributed by atoms with Gasteiger partial charge in [0.25, 0.3) is 0 Å². The van der Waals surface area contributed by atoms with Crippen molar-refractivity contribution in [3.8, 4) is 0 Å². The highest BCUT2D eigenvalue weighted by molar-refractivity contribution is 7.80. The molecule has 0 unspecified atom stereocenters. The number of nitrogens with one attached hydrogen (secondary N) is 2. The van der Waals surface area contributed by atoms with Crippen LogP contribution < -0.4 is 16.6 Å². The highest BCUT2D eigenvalue weighted by Gasteiger charge is 2.25. The Kier molecular flexibility index (Phi) is 4.13. The summed E-state index contributed by atoms with van der Waals surface area (Å²) < 4.78 is 0. The third-order valence-electron chi connectivity index (χ3n) is 1.56. The van der Waals surface area contributed by atoms with E-state index in [9.17, 15) is 0 Å². The average molecular weight is 203 g/mol. The van der Waals surface area contributed by atoms with E-state index in [2.05, 4.69) is 45.4 Å². The standard InChI is InChI=1S/C9H21N3S/c1-8(2,3)6-9(4,5)11-7(13)12-10/h6,10H2,1-5H3,(H2,11,12,13). The summed E-state index contributed by atoms with van der Waals surface area (Å²) in [5.41, 5.74) is 2.68. The fraction of sp³-hybridized carbons (Fsp3) is 0.889. The fourth-order valence-corrected chi connectivity index (χ4v) is 1.99. The smallest absolute Gasteiger partial charge is 0.181 e. The first kappa shape index (κ1) is 12.7. The molecule has 13 heavy (non-hydrogen) atoms. The zero-order chi connectivity index (χ0) is 10.7. The highest BCUT2D eigenvalue weighted by atomic mass is 32.1. The van der Waals surface area contributed by atoms with E-state index in [1.807, 2.05) is 0 Å². The molecule has 0 aliphatic rings. The van der Waals surface area contributed by atoms with Crippen molar-refractivity contribution in [3.63, 3.8) is 0 Å². The van der Waals surface area contributed by atoms with Gasteiger partial charge >= 0.3 is 0 Å². The summed E-state index contributed by atoms with van der Waals surface area (Å²) in [6.07, 6.45) is 1.03. The summed E-state index contributed by atoms with van der Waals surface area (Å²) in [5.74, 6) is 5.19. The van der Waals surface area contributed by atoms with Crippen LogP contribution in [-0.4, -0.2) is 10.7 Å². The number of nitrogens with two attached hydrogens (primary N) is 1. The number of rotatable bonds is 2. The molecule has 0 bridgehead atoms. The Labute approximate surface area is 86.4 Å². The van der Waals surface area contributed by atoms with E-state index in [1.54, 1.807) is 0 Å². The van der Waals surface area contributed by atoms with Gasteiger partial charge in [-0.25, -0.2) is 5.84 Å². The zero-order valence-corrected chi connectivity index (χ0v) is 10.0. The predicted molar refractivity (Wildman–Crippen MR) is 61.2 cm³/mol. The lowest BCUT2D eigenvalue weighted by Crippen LogP contribution is -2.51. The quantitative estimate of drug-likeness (QED) is 0.362. The van der Waals surface area contributed by atoms with E-state index in [0.29, 0.717) is 5.11 Å². The fourth-order valence-electron chi connectivity index (χ4n) is 1.71. The maximum absolute atomic E-state index is 5.19. The maximum atomic E-state index is 5.19. The number of hydrogen-bond donors (Lipinski definition) is 3. The minimum atomic E-state index is -0.0261. The first-order valence-electron chi connectivity index (χ1n) is 4.45. The predicted octanol–water partition coefficient (Wildman–Crippen LogP) is 1.54. The molecule has 0 aliphatic heterocycles. The minimum absolute atomic E-state index is 0.0261. The SMILES string of the molecule is CC(C)(C)CC(C)(C)NC(=S)NN. The second kappa shape index (κ2) is 4.24. The molecule has 0 aromatic carbocycles. The van der Waals surface area contributed by atoms with Gasteiger partial charge in [0.05, 0.1) is 0 Å². The van der Waals surface area contributed by atoms with Crippen molar-refractivity contribution >= 4 is 17.3 Å². The lowest BCUT2D eigenvalue weighted by atomic mass is 9.82. The van der Waals surface area contributed by atoms with Crippen molar-refractivity contribution < 1.29 is 0 Å². The van der Waals surface area contributed by atoms with Crippen molar-refractivity contribution in [1.82, 2.24) is 10.7 Å². The molecule has 4 heteroatoms. The molecule has 0 aromatic rings. The summed E-state index contributed by atoms with van der Waals surface area (Å²) in [4.78, 5) is 0. The molecule has 3 nitrogen and oxygen atoms in total. The maximum Gasteiger partial charge on any atom is 0.181 e. The van der Waals surface area contributed by atoms with Crippen LogP contribution in [0.2, 0.25) is 0 Å². The number of hydrazine groups is 1. The van der Waals surface area contributed by atoms with Crippen LogP contribution in [0.1, 0.15) is 41.0 Å². The normalized spacial score (nSPS) is 12.5. The third kappa shape index (κ3) is 6.78. The van der Waals surface area contributed by atoms with Gasteiger partial charge in [-0.05, 0) is 37.9 Å². The molecule has 0 aromatic heterocycles. The molecular weight excluding hydrogens is 182 g/mol. The molecule has 0 atom stereocenters. The molecule has 0 heterocycles. The molecule has 0 saturated carbocycles. The van der Waals surface area contributed by atoms with Crippen LogP contribution in [0.25, 0.3) is 0 Å². The molecule has 0 saturated heterocycles. The van der Waals surface area contributed by atoms with Crippen molar-refractivity contribution in [1.29, 1.82) is 0 Å². The van der Waals surface area contributed by atoms with E-state index in [1.165, 1.54) is 0 Å². The highest BCUT2D eigenvalue weighted by Crippen LogP contribution is 2.26. The van der Waals surface area contributed by atoms with Crippen molar-refractivity contribution in [2.24, 2.45) is 11.3 Å². The average Bonchev–Trinajstić information content (AvgIpc) is 1.80. The van der Waals surface area contributed by atoms with Crippen LogP contribution >= 0.6 is 12.2 Å². The van der Waals surface area contributed by atoms with Crippen molar-refractivity contribution in [2.75, 3.05) is 0 Å². The first-order chi connectivity index (χ1) is 5.66. The third-order valence-corrected chi connectivity index (χ3v) is 1.78. The second-order valence-electron chi connectivity index (χ2n) is 5.22. The van der Waals surface area contributed by atoms with E-state index in [-0.39, 0.29) is 11.0 Å². The Hall–Kier alpha value is -0.350. The van der Waals surface area contributed by atoms with Crippen LogP contribution in [-0.2, 0) is 0 Å². The molecule has 78 valence electrons. The van der Waals surface area contributed by atoms with Crippen LogP contribution in [0, 0.1) is 5.41 Å². The van der Waals surface area contributed by atoms with Gasteiger partial charge in [0.1, 0.15) is 0 Å². The van der Waals surface area contributed by atoms with Crippen LogP contribution in [0.5, 0.6) is 0 Å². The van der Waals surface area contributed by atoms with E-state index < -0.39 is 0 Å². The van der Waals surface area contributed by atoms with Crippen molar-refractivity contribution in [3.05, 3.63) is 0 Å². The van der Waals surface area contributed by atoms with Gasteiger partial charge < -0.3 is 10.7 Å². The Morgan fingerprint density at radius 2 is 1.69 bits per heavy atom. The van der Waals surface area contributed by atoms with Gasteiger partial charge in [0, 0.05) is 5.54 Å². The van der Waals surface area contributed by atoms with Crippen molar-refractivity contribution in [2.45, 2.75) is 46.6 Å². The largest absolute Gasteiger partial charge is 0.357 e. The van der Waals surface area contributed by atoms with Gasteiger partial charge in [-0.2, -0.15) is 0 Å². The summed E-state index contributed by atoms with van der Waals surface area (Å²) in [7, 11) is 0. The van der Waals surface area contributed by atoms with E-state index in [4.69, 9.17) is 18.1 Å². The molecular formula is C9H21N3S. The summed E-state index contributed by atoms with van der Waals surface area (Å²) in [6, 6.07) is 0. The van der Waals surface area contributed by atoms with Crippen LogP contribution in [0.3, 0.4) is 0 Å². The molecule has 0 radical (unpaired) electrons. The topological polar surface area (TPSA) is 50.1 Å².